The van der Waals surface area contributed by atoms with E-state index in [4.69, 9.17) is 42.6 Å². The van der Waals surface area contributed by atoms with Crippen molar-refractivity contribution in [3.8, 4) is 0 Å². The lowest BCUT2D eigenvalue weighted by molar-refractivity contribution is -0.148. The third kappa shape index (κ3) is 29.6. The van der Waals surface area contributed by atoms with E-state index in [2.05, 4.69) is 26.3 Å². The smallest absolute Gasteiger partial charge is 0.330 e. The van der Waals surface area contributed by atoms with Gasteiger partial charge in [-0.2, -0.15) is 0 Å². The summed E-state index contributed by atoms with van der Waals surface area (Å²) in [4.78, 5) is 43.2. The number of ether oxygens (including phenoxy) is 9. The molecule has 240 valence electrons. The molecule has 0 aromatic carbocycles. The van der Waals surface area contributed by atoms with E-state index in [9.17, 15) is 19.2 Å². The second-order valence-electron chi connectivity index (χ2n) is 8.15. The van der Waals surface area contributed by atoms with E-state index >= 15 is 0 Å². The van der Waals surface area contributed by atoms with E-state index in [1.165, 1.54) is 0 Å². The van der Waals surface area contributed by atoms with Gasteiger partial charge in [0.05, 0.1) is 65.1 Å². The first-order valence-electron chi connectivity index (χ1n) is 13.3. The average molecular weight is 603 g/mol. The Morgan fingerprint density at radius 3 is 1.21 bits per heavy atom. The molecule has 0 rings (SSSR count). The molecule has 0 aliphatic heterocycles. The van der Waals surface area contributed by atoms with Gasteiger partial charge in [0.25, 0.3) is 0 Å². The molecule has 0 aromatic heterocycles. The monoisotopic (exact) mass is 602 g/mol. The van der Waals surface area contributed by atoms with Crippen molar-refractivity contribution in [1.82, 2.24) is 0 Å². The predicted octanol–water partition coefficient (Wildman–Crippen LogP) is 2.14. The van der Waals surface area contributed by atoms with Crippen molar-refractivity contribution in [3.63, 3.8) is 0 Å². The van der Waals surface area contributed by atoms with Crippen LogP contribution in [0.1, 0.15) is 20.8 Å². The number of carbonyl (C=O) groups is 4. The van der Waals surface area contributed by atoms with E-state index in [0.29, 0.717) is 46.2 Å². The number of esters is 4. The highest BCUT2D eigenvalue weighted by molar-refractivity contribution is 5.82. The summed E-state index contributed by atoms with van der Waals surface area (Å²) in [6, 6.07) is 0. The van der Waals surface area contributed by atoms with Crippen LogP contribution in [-0.2, 0) is 61.8 Å². The lowest BCUT2D eigenvalue weighted by Crippen LogP contribution is -2.27. The van der Waals surface area contributed by atoms with Gasteiger partial charge in [-0.1, -0.05) is 26.3 Å². The summed E-state index contributed by atoms with van der Waals surface area (Å²) in [7, 11) is 0. The molecular weight excluding hydrogens is 556 g/mol. The van der Waals surface area contributed by atoms with E-state index in [0.717, 1.165) is 24.3 Å². The SMILES string of the molecule is C=CC(=O)OCC(C)OCC(C)OCC(C)OC(=O)C=C.C=CC(=O)OCCOCCOCCOCCOC(=O)C=C. The van der Waals surface area contributed by atoms with Crippen molar-refractivity contribution in [3.05, 3.63) is 50.6 Å². The third-order valence-electron chi connectivity index (χ3n) is 4.36. The van der Waals surface area contributed by atoms with Gasteiger partial charge in [0.15, 0.2) is 0 Å². The van der Waals surface area contributed by atoms with Crippen LogP contribution in [0.4, 0.5) is 0 Å². The van der Waals surface area contributed by atoms with E-state index < -0.39 is 23.9 Å². The van der Waals surface area contributed by atoms with Crippen LogP contribution >= 0.6 is 0 Å². The fourth-order valence-electron chi connectivity index (χ4n) is 2.30. The molecule has 13 nitrogen and oxygen atoms in total. The molecule has 0 heterocycles. The maximum Gasteiger partial charge on any atom is 0.330 e. The van der Waals surface area contributed by atoms with Crippen LogP contribution < -0.4 is 0 Å². The molecule has 42 heavy (non-hydrogen) atoms. The van der Waals surface area contributed by atoms with Gasteiger partial charge >= 0.3 is 23.9 Å². The first kappa shape index (κ1) is 40.8. The van der Waals surface area contributed by atoms with Gasteiger partial charge in [0, 0.05) is 24.3 Å². The van der Waals surface area contributed by atoms with Gasteiger partial charge in [0.1, 0.15) is 25.9 Å². The third-order valence-corrected chi connectivity index (χ3v) is 4.36. The van der Waals surface area contributed by atoms with Gasteiger partial charge in [-0.05, 0) is 20.8 Å². The Hall–Kier alpha value is -3.36. The molecule has 0 amide bonds. The number of rotatable bonds is 25. The van der Waals surface area contributed by atoms with Crippen LogP contribution in [0.15, 0.2) is 50.6 Å². The van der Waals surface area contributed by atoms with Gasteiger partial charge in [0.2, 0.25) is 0 Å². The molecule has 3 atom stereocenters. The highest BCUT2D eigenvalue weighted by Crippen LogP contribution is 2.01. The minimum absolute atomic E-state index is 0.158. The minimum atomic E-state index is -0.479. The van der Waals surface area contributed by atoms with Crippen molar-refractivity contribution >= 4 is 23.9 Å². The zero-order valence-electron chi connectivity index (χ0n) is 25.0. The molecule has 0 saturated heterocycles. The largest absolute Gasteiger partial charge is 0.460 e. The molecule has 0 aliphatic carbocycles. The van der Waals surface area contributed by atoms with Gasteiger partial charge < -0.3 is 42.6 Å². The Morgan fingerprint density at radius 1 is 0.476 bits per heavy atom. The maximum atomic E-state index is 11.0. The molecule has 0 N–H and O–H groups in total. The first-order chi connectivity index (χ1) is 20.1. The molecular formula is C29H46O13. The zero-order valence-corrected chi connectivity index (χ0v) is 25.0. The maximum absolute atomic E-state index is 11.0. The van der Waals surface area contributed by atoms with Crippen LogP contribution in [0.25, 0.3) is 0 Å². The van der Waals surface area contributed by atoms with Gasteiger partial charge in [-0.3, -0.25) is 0 Å². The number of carbonyl (C=O) groups excluding carboxylic acids is 4. The van der Waals surface area contributed by atoms with E-state index in [1.54, 1.807) is 13.8 Å². The Balaban J connectivity index is 0. The molecule has 0 bridgehead atoms. The van der Waals surface area contributed by atoms with Crippen molar-refractivity contribution < 1.29 is 61.8 Å². The second-order valence-corrected chi connectivity index (χ2v) is 8.15. The van der Waals surface area contributed by atoms with Crippen molar-refractivity contribution in [2.45, 2.75) is 39.1 Å². The van der Waals surface area contributed by atoms with Gasteiger partial charge in [-0.25, -0.2) is 19.2 Å². The van der Waals surface area contributed by atoms with Crippen LogP contribution in [0, 0.1) is 0 Å². The molecule has 0 aromatic rings. The summed E-state index contributed by atoms with van der Waals surface area (Å²) in [5.74, 6) is -1.89. The van der Waals surface area contributed by atoms with Crippen molar-refractivity contribution in [2.75, 3.05) is 72.7 Å². The molecule has 13 heteroatoms. The molecule has 3 unspecified atom stereocenters. The van der Waals surface area contributed by atoms with Gasteiger partial charge in [-0.15, -0.1) is 0 Å². The minimum Gasteiger partial charge on any atom is -0.460 e. The Kier molecular flexibility index (Phi) is 28.3. The average Bonchev–Trinajstić information content (AvgIpc) is 2.99. The topological polar surface area (TPSA) is 151 Å². The summed E-state index contributed by atoms with van der Waals surface area (Å²) in [5, 5.41) is 0. The van der Waals surface area contributed by atoms with E-state index in [-0.39, 0.29) is 44.7 Å². The molecule has 0 radical (unpaired) electrons. The first-order valence-corrected chi connectivity index (χ1v) is 13.3. The summed E-state index contributed by atoms with van der Waals surface area (Å²) < 4.78 is 45.8. The van der Waals surface area contributed by atoms with Crippen molar-refractivity contribution in [1.29, 1.82) is 0 Å². The lowest BCUT2D eigenvalue weighted by atomic mass is 10.4. The lowest BCUT2D eigenvalue weighted by Gasteiger charge is -2.19. The molecule has 0 fully saturated rings. The van der Waals surface area contributed by atoms with Crippen molar-refractivity contribution in [2.24, 2.45) is 0 Å². The Bertz CT molecular complexity index is 766. The second kappa shape index (κ2) is 29.1. The highest BCUT2D eigenvalue weighted by atomic mass is 16.6. The van der Waals surface area contributed by atoms with Crippen LogP contribution in [0.3, 0.4) is 0 Å². The van der Waals surface area contributed by atoms with Crippen LogP contribution in [0.2, 0.25) is 0 Å². The predicted molar refractivity (Wildman–Crippen MR) is 153 cm³/mol. The Labute approximate surface area is 248 Å². The zero-order chi connectivity index (χ0) is 32.0. The number of hydrogen-bond acceptors (Lipinski definition) is 13. The number of hydrogen-bond donors (Lipinski definition) is 0. The molecule has 0 saturated carbocycles. The van der Waals surface area contributed by atoms with E-state index in [1.807, 2.05) is 6.92 Å². The summed E-state index contributed by atoms with van der Waals surface area (Å²) >= 11 is 0. The molecule has 0 spiro atoms. The molecule has 0 aliphatic rings. The quantitative estimate of drug-likeness (QED) is 0.0650. The summed E-state index contributed by atoms with van der Waals surface area (Å²) in [6.45, 7) is 22.0. The van der Waals surface area contributed by atoms with Crippen LogP contribution in [-0.4, -0.2) is 115 Å². The fourth-order valence-corrected chi connectivity index (χ4v) is 2.30. The summed E-state index contributed by atoms with van der Waals surface area (Å²) in [5.41, 5.74) is 0. The normalized spacial score (nSPS) is 12.3. The highest BCUT2D eigenvalue weighted by Gasteiger charge is 2.12. The van der Waals surface area contributed by atoms with Crippen LogP contribution in [0.5, 0.6) is 0 Å². The Morgan fingerprint density at radius 2 is 0.810 bits per heavy atom. The summed E-state index contributed by atoms with van der Waals surface area (Å²) in [6.07, 6.45) is 3.63. The fraction of sp³-hybridized carbons (Fsp3) is 0.586. The standard InChI is InChI=1S/C15H24O6.C14H22O7/c1-6-14(16)20-9-12(4)18-8-11(3)19-10-13(5)21-15(17)7-2;1-3-13(15)20-11-9-18-7-5-17-6-8-19-10-12-21-14(16)4-2/h6-7,11-13H,1-2,8-10H2,3-5H3;3-4H,1-2,5-12H2.